The Hall–Kier alpha value is -4.20. The normalized spacial score (nSPS) is 27.8. The minimum atomic E-state index is -0.763. The van der Waals surface area contributed by atoms with E-state index in [0.29, 0.717) is 53.9 Å². The van der Waals surface area contributed by atoms with Gasteiger partial charge in [-0.15, -0.1) is 0 Å². The summed E-state index contributed by atoms with van der Waals surface area (Å²) in [5, 5.41) is 11.0. The number of imide groups is 1. The Kier molecular flexibility index (Phi) is 5.29. The molecule has 3 saturated heterocycles. The largest absolute Gasteiger partial charge is 0.494 e. The van der Waals surface area contributed by atoms with Crippen molar-refractivity contribution in [3.05, 3.63) is 77.6 Å². The molecule has 3 aromatic rings. The lowest BCUT2D eigenvalue weighted by atomic mass is 9.66. The highest BCUT2D eigenvalue weighted by Crippen LogP contribution is 2.63. The summed E-state index contributed by atoms with van der Waals surface area (Å²) < 4.78 is 12.6. The molecule has 2 unspecified atom stereocenters. The lowest BCUT2D eigenvalue weighted by molar-refractivity contribution is -0.132. The van der Waals surface area contributed by atoms with Gasteiger partial charge in [-0.25, -0.2) is 9.74 Å². The molecule has 0 radical (unpaired) electrons. The third-order valence-corrected chi connectivity index (χ3v) is 8.44. The predicted octanol–water partition coefficient (Wildman–Crippen LogP) is 5.55. The molecule has 6 rings (SSSR count). The quantitative estimate of drug-likeness (QED) is 0.334. The van der Waals surface area contributed by atoms with Gasteiger partial charge in [0, 0.05) is 17.2 Å². The molecule has 4 atom stereocenters. The number of ether oxygens (including phenoxy) is 2. The summed E-state index contributed by atoms with van der Waals surface area (Å²) in [6.07, 6.45) is 2.56. The van der Waals surface area contributed by atoms with Gasteiger partial charge in [-0.2, -0.15) is 5.26 Å². The van der Waals surface area contributed by atoms with E-state index in [9.17, 15) is 14.9 Å². The van der Waals surface area contributed by atoms with Crippen LogP contribution < -0.4 is 9.64 Å². The molecule has 2 bridgehead atoms. The van der Waals surface area contributed by atoms with Crippen molar-refractivity contribution >= 4 is 34.0 Å². The van der Waals surface area contributed by atoms with Crippen LogP contribution in [0.5, 0.6) is 5.75 Å². The van der Waals surface area contributed by atoms with Crippen molar-refractivity contribution < 1.29 is 19.1 Å². The first-order valence-corrected chi connectivity index (χ1v) is 12.6. The topological polar surface area (TPSA) is 84.0 Å². The Bertz CT molecular complexity index is 1520. The molecule has 184 valence electrons. The Morgan fingerprint density at radius 3 is 2.38 bits per heavy atom. The van der Waals surface area contributed by atoms with E-state index >= 15 is 0 Å². The molecule has 3 fully saturated rings. The molecule has 37 heavy (non-hydrogen) atoms. The van der Waals surface area contributed by atoms with Crippen molar-refractivity contribution in [3.63, 3.8) is 0 Å². The number of nitrogens with zero attached hydrogens (tertiary/aromatic N) is 3. The molecule has 2 amide bonds. The van der Waals surface area contributed by atoms with E-state index in [1.807, 2.05) is 31.2 Å². The molecule has 0 saturated carbocycles. The average molecular weight is 492 g/mol. The third kappa shape index (κ3) is 3.28. The Labute approximate surface area is 215 Å². The van der Waals surface area contributed by atoms with E-state index in [2.05, 4.69) is 10.9 Å². The number of hydrogen-bond acceptors (Lipinski definition) is 5. The number of carbonyl (C=O) groups excluding carboxylic acids is 2. The number of nitriles is 1. The predicted molar refractivity (Wildman–Crippen MR) is 137 cm³/mol. The van der Waals surface area contributed by atoms with Crippen LogP contribution in [0.1, 0.15) is 38.2 Å². The average Bonchev–Trinajstić information content (AvgIpc) is 3.55. The molecule has 7 nitrogen and oxygen atoms in total. The van der Waals surface area contributed by atoms with Crippen LogP contribution in [0.15, 0.2) is 60.7 Å². The van der Waals surface area contributed by atoms with Crippen LogP contribution in [0.4, 0.5) is 11.4 Å². The summed E-state index contributed by atoms with van der Waals surface area (Å²) in [7, 11) is 0. The fourth-order valence-electron chi connectivity index (χ4n) is 6.67. The number of rotatable bonds is 6. The Balaban J connectivity index is 1.33. The van der Waals surface area contributed by atoms with E-state index in [-0.39, 0.29) is 11.8 Å². The molecule has 7 heteroatoms. The SMILES string of the molecule is [C-]#[N+]c1ccc(OCCC23CCC(CC)(O2)[C@@H]2C(=O)N(c4ccc(C#N)c5ccccc45)C(=O)[C@@H]23)cc1. The van der Waals surface area contributed by atoms with Crippen LogP contribution in [-0.2, 0) is 14.3 Å². The molecular weight excluding hydrogens is 466 g/mol. The zero-order chi connectivity index (χ0) is 25.8. The molecule has 3 heterocycles. The molecule has 3 aliphatic heterocycles. The van der Waals surface area contributed by atoms with Gasteiger partial charge in [0.2, 0.25) is 11.8 Å². The van der Waals surface area contributed by atoms with Gasteiger partial charge in [-0.3, -0.25) is 9.59 Å². The van der Waals surface area contributed by atoms with Crippen LogP contribution in [0.3, 0.4) is 0 Å². The van der Waals surface area contributed by atoms with Gasteiger partial charge >= 0.3 is 0 Å². The van der Waals surface area contributed by atoms with E-state index in [4.69, 9.17) is 16.0 Å². The molecule has 0 aliphatic carbocycles. The van der Waals surface area contributed by atoms with E-state index in [1.165, 1.54) is 4.90 Å². The highest BCUT2D eigenvalue weighted by atomic mass is 16.5. The summed E-state index contributed by atoms with van der Waals surface area (Å²) in [5.74, 6) is -0.912. The number of anilines is 1. The van der Waals surface area contributed by atoms with Crippen LogP contribution in [0.25, 0.3) is 15.6 Å². The van der Waals surface area contributed by atoms with Gasteiger partial charge in [0.1, 0.15) is 5.75 Å². The molecule has 0 N–H and O–H groups in total. The van der Waals surface area contributed by atoms with Gasteiger partial charge in [-0.1, -0.05) is 43.3 Å². The second-order valence-corrected chi connectivity index (χ2v) is 10.0. The maximum atomic E-state index is 14.0. The first kappa shape index (κ1) is 23.2. The standard InChI is InChI=1S/C30H25N3O4/c1-3-29-14-15-30(37-29,16-17-36-21-11-9-20(32-2)10-12-21)26-25(29)27(34)33(28(26)35)24-13-8-19(18-31)22-6-4-5-7-23(22)24/h4-13,25-26H,3,14-17H2,1H3/t25-,26+,29?,30?/m0/s1. The summed E-state index contributed by atoms with van der Waals surface area (Å²) in [5.41, 5.74) is 0.148. The number of hydrogen-bond donors (Lipinski definition) is 0. The van der Waals surface area contributed by atoms with Gasteiger partial charge in [0.15, 0.2) is 5.69 Å². The number of fused-ring (bicyclic) bond motifs is 6. The number of carbonyl (C=O) groups is 2. The molecular formula is C30H25N3O4. The molecule has 0 spiro atoms. The zero-order valence-corrected chi connectivity index (χ0v) is 20.4. The van der Waals surface area contributed by atoms with Crippen LogP contribution >= 0.6 is 0 Å². The molecule has 3 aromatic carbocycles. The van der Waals surface area contributed by atoms with E-state index < -0.39 is 23.0 Å². The fraction of sp³-hybridized carbons (Fsp3) is 0.333. The lowest BCUT2D eigenvalue weighted by Gasteiger charge is -2.31. The van der Waals surface area contributed by atoms with Gasteiger partial charge in [-0.05, 0) is 43.5 Å². The molecule has 0 aromatic heterocycles. The summed E-state index contributed by atoms with van der Waals surface area (Å²) in [4.78, 5) is 32.7. The maximum absolute atomic E-state index is 14.0. The fourth-order valence-corrected chi connectivity index (χ4v) is 6.67. The van der Waals surface area contributed by atoms with Crippen molar-refractivity contribution in [2.45, 2.75) is 43.8 Å². The van der Waals surface area contributed by atoms with Crippen molar-refractivity contribution in [2.24, 2.45) is 11.8 Å². The minimum Gasteiger partial charge on any atom is -0.494 e. The van der Waals surface area contributed by atoms with Crippen LogP contribution in [0.2, 0.25) is 0 Å². The monoisotopic (exact) mass is 491 g/mol. The molecule has 3 aliphatic rings. The summed E-state index contributed by atoms with van der Waals surface area (Å²) >= 11 is 0. The Morgan fingerprint density at radius 2 is 1.70 bits per heavy atom. The van der Waals surface area contributed by atoms with Crippen molar-refractivity contribution in [3.8, 4) is 11.8 Å². The second-order valence-electron chi connectivity index (χ2n) is 10.0. The van der Waals surface area contributed by atoms with E-state index in [1.54, 1.807) is 36.4 Å². The summed E-state index contributed by atoms with van der Waals surface area (Å²) in [6.45, 7) is 9.45. The highest BCUT2D eigenvalue weighted by Gasteiger charge is 2.74. The Morgan fingerprint density at radius 1 is 1.03 bits per heavy atom. The van der Waals surface area contributed by atoms with Gasteiger partial charge in [0.05, 0.1) is 53.5 Å². The van der Waals surface area contributed by atoms with Gasteiger partial charge in [0.25, 0.3) is 0 Å². The van der Waals surface area contributed by atoms with Crippen LogP contribution in [0, 0.1) is 29.7 Å². The van der Waals surface area contributed by atoms with Crippen LogP contribution in [-0.4, -0.2) is 29.6 Å². The maximum Gasteiger partial charge on any atom is 0.240 e. The summed E-state index contributed by atoms with van der Waals surface area (Å²) in [6, 6.07) is 19.9. The highest BCUT2D eigenvalue weighted by molar-refractivity contribution is 6.26. The van der Waals surface area contributed by atoms with Crippen molar-refractivity contribution in [2.75, 3.05) is 11.5 Å². The first-order chi connectivity index (χ1) is 18.0. The van der Waals surface area contributed by atoms with E-state index in [0.717, 1.165) is 11.8 Å². The minimum absolute atomic E-state index is 0.219. The van der Waals surface area contributed by atoms with Crippen molar-refractivity contribution in [1.29, 1.82) is 5.26 Å². The number of benzene rings is 3. The van der Waals surface area contributed by atoms with Gasteiger partial charge < -0.3 is 9.47 Å². The number of amides is 2. The smallest absolute Gasteiger partial charge is 0.240 e. The first-order valence-electron chi connectivity index (χ1n) is 12.6. The van der Waals surface area contributed by atoms with Crippen molar-refractivity contribution in [1.82, 2.24) is 0 Å². The second kappa shape index (κ2) is 8.44. The third-order valence-electron chi connectivity index (χ3n) is 8.44. The zero-order valence-electron chi connectivity index (χ0n) is 20.4. The lowest BCUT2D eigenvalue weighted by Crippen LogP contribution is -2.43.